The number of nitro benzene ring substituents is 1. The van der Waals surface area contributed by atoms with Crippen LogP contribution in [0, 0.1) is 10.1 Å². The first-order valence-corrected chi connectivity index (χ1v) is 6.78. The molecular formula is C14H8ClN5O2. The number of benzene rings is 1. The van der Waals surface area contributed by atoms with Crippen LogP contribution in [-0.4, -0.2) is 24.4 Å². The van der Waals surface area contributed by atoms with Gasteiger partial charge in [-0.15, -0.1) is 0 Å². The molecule has 1 aromatic carbocycles. The zero-order chi connectivity index (χ0) is 15.4. The number of pyridine rings is 1. The van der Waals surface area contributed by atoms with Gasteiger partial charge in [-0.2, -0.15) is 0 Å². The van der Waals surface area contributed by atoms with E-state index in [2.05, 4.69) is 15.0 Å². The molecule has 8 heteroatoms. The Morgan fingerprint density at radius 2 is 2.09 bits per heavy atom. The van der Waals surface area contributed by atoms with Crippen molar-refractivity contribution in [1.82, 2.24) is 19.5 Å². The molecule has 0 saturated heterocycles. The molecule has 7 nitrogen and oxygen atoms in total. The predicted octanol–water partition coefficient (Wildman–Crippen LogP) is 3.23. The van der Waals surface area contributed by atoms with Gasteiger partial charge in [0.05, 0.1) is 15.5 Å². The van der Waals surface area contributed by atoms with Gasteiger partial charge in [0.15, 0.2) is 11.3 Å². The Labute approximate surface area is 128 Å². The monoisotopic (exact) mass is 313 g/mol. The third-order valence-electron chi connectivity index (χ3n) is 3.59. The second kappa shape index (κ2) is 4.35. The highest BCUT2D eigenvalue weighted by atomic mass is 35.5. The lowest BCUT2D eigenvalue weighted by molar-refractivity contribution is -0.384. The van der Waals surface area contributed by atoms with Gasteiger partial charge in [-0.1, -0.05) is 11.6 Å². The molecule has 22 heavy (non-hydrogen) atoms. The van der Waals surface area contributed by atoms with Gasteiger partial charge >= 0.3 is 0 Å². The lowest BCUT2D eigenvalue weighted by Crippen LogP contribution is -1.93. The number of aromatic nitrogens is 4. The van der Waals surface area contributed by atoms with Crippen molar-refractivity contribution in [3.63, 3.8) is 0 Å². The van der Waals surface area contributed by atoms with Gasteiger partial charge < -0.3 is 4.57 Å². The molecule has 0 radical (unpaired) electrons. The summed E-state index contributed by atoms with van der Waals surface area (Å²) >= 11 is 5.94. The molecule has 0 atom stereocenters. The van der Waals surface area contributed by atoms with E-state index in [-0.39, 0.29) is 5.69 Å². The molecule has 0 unspecified atom stereocenters. The number of hydrogen-bond donors (Lipinski definition) is 0. The van der Waals surface area contributed by atoms with Crippen LogP contribution in [0.2, 0.25) is 5.02 Å². The first kappa shape index (κ1) is 12.9. The van der Waals surface area contributed by atoms with Crippen LogP contribution in [0.25, 0.3) is 33.2 Å². The van der Waals surface area contributed by atoms with Crippen LogP contribution in [-0.2, 0) is 7.05 Å². The van der Waals surface area contributed by atoms with E-state index in [4.69, 9.17) is 11.6 Å². The Balaban J connectivity index is 2.19. The fourth-order valence-corrected chi connectivity index (χ4v) is 2.71. The maximum Gasteiger partial charge on any atom is 0.270 e. The summed E-state index contributed by atoms with van der Waals surface area (Å²) in [5, 5.41) is 12.1. The van der Waals surface area contributed by atoms with E-state index in [0.717, 1.165) is 5.52 Å². The molecule has 0 aliphatic rings. The van der Waals surface area contributed by atoms with E-state index in [9.17, 15) is 10.1 Å². The second-order valence-electron chi connectivity index (χ2n) is 4.91. The number of non-ortho nitro benzene ring substituents is 1. The molecule has 3 heterocycles. The van der Waals surface area contributed by atoms with E-state index < -0.39 is 4.92 Å². The van der Waals surface area contributed by atoms with Gasteiger partial charge in [-0.05, 0) is 12.1 Å². The van der Waals surface area contributed by atoms with Crippen LogP contribution < -0.4 is 0 Å². The van der Waals surface area contributed by atoms with E-state index in [1.54, 1.807) is 12.1 Å². The summed E-state index contributed by atoms with van der Waals surface area (Å²) in [6.07, 6.45) is 1.51. The summed E-state index contributed by atoms with van der Waals surface area (Å²) in [5.74, 6) is 0. The minimum Gasteiger partial charge on any atom is -0.327 e. The van der Waals surface area contributed by atoms with Crippen molar-refractivity contribution in [1.29, 1.82) is 0 Å². The van der Waals surface area contributed by atoms with Crippen LogP contribution in [0.3, 0.4) is 0 Å². The summed E-state index contributed by atoms with van der Waals surface area (Å²) in [5.41, 5.74) is 3.10. The standard InChI is InChI=1S/C14H8ClN5O2/c1-19-11-3-2-8(20(21)22)5-9(11)12-14(19)18-13-10(17-12)4-7(15)6-16-13/h2-6H,1H3. The zero-order valence-corrected chi connectivity index (χ0v) is 12.1. The van der Waals surface area contributed by atoms with E-state index in [1.165, 1.54) is 18.3 Å². The highest BCUT2D eigenvalue weighted by Gasteiger charge is 2.16. The van der Waals surface area contributed by atoms with Crippen molar-refractivity contribution in [2.24, 2.45) is 7.05 Å². The minimum atomic E-state index is -0.425. The lowest BCUT2D eigenvalue weighted by Gasteiger charge is -1.99. The molecule has 0 amide bonds. The number of halogens is 1. The smallest absolute Gasteiger partial charge is 0.270 e. The molecule has 3 aromatic heterocycles. The number of fused-ring (bicyclic) bond motifs is 4. The van der Waals surface area contributed by atoms with Gasteiger partial charge in [0, 0.05) is 30.8 Å². The largest absolute Gasteiger partial charge is 0.327 e. The lowest BCUT2D eigenvalue weighted by atomic mass is 10.2. The van der Waals surface area contributed by atoms with Crippen LogP contribution in [0.5, 0.6) is 0 Å². The summed E-state index contributed by atoms with van der Waals surface area (Å²) in [7, 11) is 1.84. The second-order valence-corrected chi connectivity index (χ2v) is 5.35. The van der Waals surface area contributed by atoms with Crippen molar-refractivity contribution in [3.05, 3.63) is 45.6 Å². The van der Waals surface area contributed by atoms with E-state index in [0.29, 0.717) is 32.7 Å². The molecule has 0 aliphatic carbocycles. The quantitative estimate of drug-likeness (QED) is 0.398. The van der Waals surface area contributed by atoms with E-state index >= 15 is 0 Å². The Morgan fingerprint density at radius 1 is 1.27 bits per heavy atom. The Morgan fingerprint density at radius 3 is 2.86 bits per heavy atom. The van der Waals surface area contributed by atoms with Crippen molar-refractivity contribution >= 4 is 50.5 Å². The fraction of sp³-hybridized carbons (Fsp3) is 0.0714. The molecule has 0 aliphatic heterocycles. The van der Waals surface area contributed by atoms with Crippen molar-refractivity contribution in [3.8, 4) is 0 Å². The van der Waals surface area contributed by atoms with Gasteiger partial charge in [-0.3, -0.25) is 10.1 Å². The molecule has 0 saturated carbocycles. The van der Waals surface area contributed by atoms with Crippen molar-refractivity contribution in [2.45, 2.75) is 0 Å². The van der Waals surface area contributed by atoms with Gasteiger partial charge in [0.1, 0.15) is 11.0 Å². The number of rotatable bonds is 1. The molecule has 0 bridgehead atoms. The number of hydrogen-bond acceptors (Lipinski definition) is 5. The highest BCUT2D eigenvalue weighted by molar-refractivity contribution is 6.31. The summed E-state index contributed by atoms with van der Waals surface area (Å²) < 4.78 is 1.84. The SMILES string of the molecule is Cn1c2ccc([N+](=O)[O-])cc2c2nc3cc(Cl)cnc3nc21. The fourth-order valence-electron chi connectivity index (χ4n) is 2.56. The average molecular weight is 314 g/mol. The summed E-state index contributed by atoms with van der Waals surface area (Å²) in [4.78, 5) is 23.7. The molecule has 108 valence electrons. The van der Waals surface area contributed by atoms with Crippen LogP contribution in [0.15, 0.2) is 30.5 Å². The Hall–Kier alpha value is -2.80. The van der Waals surface area contributed by atoms with Crippen LogP contribution >= 0.6 is 11.6 Å². The normalized spacial score (nSPS) is 11.5. The molecule has 0 spiro atoms. The average Bonchev–Trinajstić information content (AvgIpc) is 2.77. The van der Waals surface area contributed by atoms with Crippen molar-refractivity contribution in [2.75, 3.05) is 0 Å². The topological polar surface area (TPSA) is 86.7 Å². The third-order valence-corrected chi connectivity index (χ3v) is 3.80. The van der Waals surface area contributed by atoms with Crippen LogP contribution in [0.4, 0.5) is 5.69 Å². The molecule has 4 rings (SSSR count). The number of aryl methyl sites for hydroxylation is 1. The first-order valence-electron chi connectivity index (χ1n) is 6.40. The predicted molar refractivity (Wildman–Crippen MR) is 83.0 cm³/mol. The minimum absolute atomic E-state index is 0.0196. The maximum atomic E-state index is 11.0. The van der Waals surface area contributed by atoms with Gasteiger partial charge in [-0.25, -0.2) is 15.0 Å². The maximum absolute atomic E-state index is 11.0. The molecule has 0 N–H and O–H groups in total. The molecule has 4 aromatic rings. The van der Waals surface area contributed by atoms with Crippen LogP contribution in [0.1, 0.15) is 0 Å². The summed E-state index contributed by atoms with van der Waals surface area (Å²) in [6, 6.07) is 6.35. The Kier molecular flexibility index (Phi) is 2.55. The zero-order valence-electron chi connectivity index (χ0n) is 11.3. The van der Waals surface area contributed by atoms with Gasteiger partial charge in [0.2, 0.25) is 0 Å². The number of nitro groups is 1. The third kappa shape index (κ3) is 1.72. The van der Waals surface area contributed by atoms with E-state index in [1.807, 2.05) is 11.6 Å². The Bertz CT molecular complexity index is 1090. The van der Waals surface area contributed by atoms with Gasteiger partial charge in [0.25, 0.3) is 5.69 Å². The highest BCUT2D eigenvalue weighted by Crippen LogP contribution is 2.30. The molecular weight excluding hydrogens is 306 g/mol. The van der Waals surface area contributed by atoms with Crippen molar-refractivity contribution < 1.29 is 4.92 Å². The number of nitrogens with zero attached hydrogens (tertiary/aromatic N) is 5. The summed E-state index contributed by atoms with van der Waals surface area (Å²) in [6.45, 7) is 0. The first-order chi connectivity index (χ1) is 10.5. The molecule has 0 fully saturated rings.